The predicted octanol–water partition coefficient (Wildman–Crippen LogP) is 1.84. The summed E-state index contributed by atoms with van der Waals surface area (Å²) >= 11 is 0. The Morgan fingerprint density at radius 1 is 0.905 bits per heavy atom. The maximum Gasteiger partial charge on any atom is 0.312 e. The molecule has 5 heteroatoms. The Balaban J connectivity index is 2.18. The standard InChI is InChI=1S/C16H15FN2O2/c17-14-8-6-13(7-9-14)11-19(16(21)15(18)20)10-12-4-2-1-3-5-12/h1-9H,10-11H2,(H2,18,20). The number of hydrogen-bond acceptors (Lipinski definition) is 2. The minimum atomic E-state index is -1.01. The van der Waals surface area contributed by atoms with E-state index in [4.69, 9.17) is 5.73 Å². The fraction of sp³-hybridized carbons (Fsp3) is 0.125. The predicted molar refractivity (Wildman–Crippen MR) is 76.3 cm³/mol. The van der Waals surface area contributed by atoms with E-state index in [9.17, 15) is 14.0 Å². The Hall–Kier alpha value is -2.69. The molecule has 0 atom stereocenters. The third kappa shape index (κ3) is 4.14. The molecule has 2 aromatic rings. The van der Waals surface area contributed by atoms with Crippen LogP contribution in [0.25, 0.3) is 0 Å². The van der Waals surface area contributed by atoms with Gasteiger partial charge in [0.25, 0.3) is 0 Å². The number of benzene rings is 2. The second-order valence-electron chi connectivity index (χ2n) is 4.64. The molecule has 0 aromatic heterocycles. The van der Waals surface area contributed by atoms with Gasteiger partial charge in [0.05, 0.1) is 0 Å². The van der Waals surface area contributed by atoms with Crippen molar-refractivity contribution in [2.75, 3.05) is 0 Å². The first kappa shape index (κ1) is 14.7. The van der Waals surface area contributed by atoms with Gasteiger partial charge in [0, 0.05) is 13.1 Å². The van der Waals surface area contributed by atoms with Gasteiger partial charge in [0.15, 0.2) is 0 Å². The number of carbonyl (C=O) groups excluding carboxylic acids is 2. The van der Waals surface area contributed by atoms with Gasteiger partial charge in [-0.3, -0.25) is 9.59 Å². The van der Waals surface area contributed by atoms with Gasteiger partial charge in [0.1, 0.15) is 5.82 Å². The van der Waals surface area contributed by atoms with E-state index >= 15 is 0 Å². The van der Waals surface area contributed by atoms with Crippen molar-refractivity contribution in [3.05, 3.63) is 71.5 Å². The quantitative estimate of drug-likeness (QED) is 0.872. The average molecular weight is 286 g/mol. The third-order valence-electron chi connectivity index (χ3n) is 3.00. The molecule has 0 unspecified atom stereocenters. The minimum Gasteiger partial charge on any atom is -0.361 e. The summed E-state index contributed by atoms with van der Waals surface area (Å²) in [5.41, 5.74) is 6.69. The highest BCUT2D eigenvalue weighted by Gasteiger charge is 2.19. The van der Waals surface area contributed by atoms with Crippen LogP contribution in [0.3, 0.4) is 0 Å². The van der Waals surface area contributed by atoms with Gasteiger partial charge >= 0.3 is 11.8 Å². The fourth-order valence-corrected chi connectivity index (χ4v) is 1.97. The Morgan fingerprint density at radius 3 is 1.95 bits per heavy atom. The summed E-state index contributed by atoms with van der Waals surface area (Å²) in [4.78, 5) is 24.4. The minimum absolute atomic E-state index is 0.191. The van der Waals surface area contributed by atoms with Crippen molar-refractivity contribution in [1.82, 2.24) is 4.90 Å². The summed E-state index contributed by atoms with van der Waals surface area (Å²) in [6, 6.07) is 15.0. The van der Waals surface area contributed by atoms with Crippen molar-refractivity contribution in [3.8, 4) is 0 Å². The molecule has 0 aliphatic carbocycles. The molecular formula is C16H15FN2O2. The number of carbonyl (C=O) groups is 2. The van der Waals surface area contributed by atoms with Gasteiger partial charge in [0.2, 0.25) is 0 Å². The number of hydrogen-bond donors (Lipinski definition) is 1. The van der Waals surface area contributed by atoms with E-state index in [0.29, 0.717) is 0 Å². The normalized spacial score (nSPS) is 10.1. The Bertz CT molecular complexity index is 626. The zero-order valence-corrected chi connectivity index (χ0v) is 11.3. The van der Waals surface area contributed by atoms with Crippen molar-refractivity contribution < 1.29 is 14.0 Å². The van der Waals surface area contributed by atoms with Gasteiger partial charge in [-0.15, -0.1) is 0 Å². The highest BCUT2D eigenvalue weighted by atomic mass is 19.1. The number of halogens is 1. The first-order chi connectivity index (χ1) is 10.1. The molecule has 0 spiro atoms. The van der Waals surface area contributed by atoms with Crippen LogP contribution < -0.4 is 5.73 Å². The van der Waals surface area contributed by atoms with Crippen LogP contribution >= 0.6 is 0 Å². The van der Waals surface area contributed by atoms with Gasteiger partial charge in [-0.1, -0.05) is 42.5 Å². The highest BCUT2D eigenvalue weighted by molar-refractivity contribution is 6.34. The lowest BCUT2D eigenvalue weighted by Gasteiger charge is -2.21. The molecule has 0 fully saturated rings. The molecule has 0 saturated heterocycles. The Labute approximate surface area is 122 Å². The maximum absolute atomic E-state index is 12.9. The Morgan fingerprint density at radius 2 is 1.43 bits per heavy atom. The number of nitrogens with two attached hydrogens (primary N) is 1. The van der Waals surface area contributed by atoms with Crippen molar-refractivity contribution in [2.45, 2.75) is 13.1 Å². The maximum atomic E-state index is 12.9. The van der Waals surface area contributed by atoms with E-state index in [-0.39, 0.29) is 18.9 Å². The van der Waals surface area contributed by atoms with Crippen LogP contribution in [0, 0.1) is 5.82 Å². The van der Waals surface area contributed by atoms with Gasteiger partial charge in [-0.2, -0.15) is 0 Å². The van der Waals surface area contributed by atoms with Crippen LogP contribution in [0.1, 0.15) is 11.1 Å². The zero-order chi connectivity index (χ0) is 15.2. The van der Waals surface area contributed by atoms with Crippen molar-refractivity contribution >= 4 is 11.8 Å². The Kier molecular flexibility index (Phi) is 4.66. The molecule has 0 bridgehead atoms. The number of amides is 2. The summed E-state index contributed by atoms with van der Waals surface area (Å²) < 4.78 is 12.9. The van der Waals surface area contributed by atoms with E-state index in [1.165, 1.54) is 17.0 Å². The topological polar surface area (TPSA) is 63.4 Å². The fourth-order valence-electron chi connectivity index (χ4n) is 1.97. The molecule has 108 valence electrons. The van der Waals surface area contributed by atoms with Crippen LogP contribution in [0.5, 0.6) is 0 Å². The van der Waals surface area contributed by atoms with E-state index in [1.54, 1.807) is 12.1 Å². The summed E-state index contributed by atoms with van der Waals surface area (Å²) in [5.74, 6) is -2.12. The molecule has 2 aromatic carbocycles. The van der Waals surface area contributed by atoms with Crippen LogP contribution in [0.4, 0.5) is 4.39 Å². The lowest BCUT2D eigenvalue weighted by molar-refractivity contribution is -0.145. The largest absolute Gasteiger partial charge is 0.361 e. The average Bonchev–Trinajstić information content (AvgIpc) is 2.49. The third-order valence-corrected chi connectivity index (χ3v) is 3.00. The van der Waals surface area contributed by atoms with Gasteiger partial charge in [-0.25, -0.2) is 4.39 Å². The van der Waals surface area contributed by atoms with Crippen LogP contribution in [-0.2, 0) is 22.7 Å². The van der Waals surface area contributed by atoms with Crippen LogP contribution in [0.2, 0.25) is 0 Å². The van der Waals surface area contributed by atoms with Crippen molar-refractivity contribution in [3.63, 3.8) is 0 Å². The SMILES string of the molecule is NC(=O)C(=O)N(Cc1ccccc1)Cc1ccc(F)cc1. The van der Waals surface area contributed by atoms with E-state index in [2.05, 4.69) is 0 Å². The molecule has 0 heterocycles. The summed E-state index contributed by atoms with van der Waals surface area (Å²) in [5, 5.41) is 0. The molecule has 21 heavy (non-hydrogen) atoms. The highest BCUT2D eigenvalue weighted by Crippen LogP contribution is 2.11. The first-order valence-corrected chi connectivity index (χ1v) is 6.43. The smallest absolute Gasteiger partial charge is 0.312 e. The number of nitrogens with zero attached hydrogens (tertiary/aromatic N) is 1. The number of rotatable bonds is 4. The van der Waals surface area contributed by atoms with Crippen LogP contribution in [-0.4, -0.2) is 16.7 Å². The zero-order valence-electron chi connectivity index (χ0n) is 11.3. The summed E-state index contributed by atoms with van der Waals surface area (Å²) in [6.45, 7) is 0.455. The molecule has 2 N–H and O–H groups in total. The molecule has 0 aliphatic heterocycles. The van der Waals surface area contributed by atoms with Gasteiger partial charge < -0.3 is 10.6 Å². The van der Waals surface area contributed by atoms with Gasteiger partial charge in [-0.05, 0) is 23.3 Å². The van der Waals surface area contributed by atoms with E-state index < -0.39 is 11.8 Å². The second kappa shape index (κ2) is 6.65. The summed E-state index contributed by atoms with van der Waals surface area (Å²) in [7, 11) is 0. The lowest BCUT2D eigenvalue weighted by atomic mass is 10.1. The molecule has 2 amide bonds. The van der Waals surface area contributed by atoms with Crippen LogP contribution in [0.15, 0.2) is 54.6 Å². The first-order valence-electron chi connectivity index (χ1n) is 6.43. The van der Waals surface area contributed by atoms with Crippen molar-refractivity contribution in [2.24, 2.45) is 5.73 Å². The molecule has 0 aliphatic rings. The summed E-state index contributed by atoms with van der Waals surface area (Å²) in [6.07, 6.45) is 0. The molecule has 4 nitrogen and oxygen atoms in total. The molecule has 0 radical (unpaired) electrons. The van der Waals surface area contributed by atoms with Crippen molar-refractivity contribution in [1.29, 1.82) is 0 Å². The molecular weight excluding hydrogens is 271 g/mol. The molecule has 2 rings (SSSR count). The lowest BCUT2D eigenvalue weighted by Crippen LogP contribution is -2.39. The van der Waals surface area contributed by atoms with E-state index in [0.717, 1.165) is 11.1 Å². The second-order valence-corrected chi connectivity index (χ2v) is 4.64. The monoisotopic (exact) mass is 286 g/mol. The van der Waals surface area contributed by atoms with E-state index in [1.807, 2.05) is 30.3 Å². The molecule has 0 saturated carbocycles. The number of primary amides is 1.